The van der Waals surface area contributed by atoms with Gasteiger partial charge >= 0.3 is 6.09 Å². The number of ether oxygens (including phenoxy) is 1. The van der Waals surface area contributed by atoms with Crippen LogP contribution in [-0.2, 0) is 14.3 Å². The SMILES string of the molecule is CC(=O)SCC1CC(=O)N(C2CCCN(C(=O)OC(C)(C)C)CC2)C1. The Labute approximate surface area is 154 Å². The number of likely N-dealkylation sites (tertiary alicyclic amines) is 2. The fourth-order valence-electron chi connectivity index (χ4n) is 3.41. The number of amides is 2. The zero-order valence-electron chi connectivity index (χ0n) is 15.7. The second-order valence-electron chi connectivity index (χ2n) is 7.97. The van der Waals surface area contributed by atoms with Gasteiger partial charge in [-0.05, 0) is 46.0 Å². The highest BCUT2D eigenvalue weighted by atomic mass is 32.2. The Morgan fingerprint density at radius 1 is 1.24 bits per heavy atom. The van der Waals surface area contributed by atoms with Crippen molar-refractivity contribution in [3.05, 3.63) is 0 Å². The highest BCUT2D eigenvalue weighted by molar-refractivity contribution is 8.13. The van der Waals surface area contributed by atoms with Crippen LogP contribution in [0.1, 0.15) is 53.4 Å². The third-order valence-electron chi connectivity index (χ3n) is 4.55. The molecule has 2 aliphatic heterocycles. The minimum atomic E-state index is -0.491. The van der Waals surface area contributed by atoms with E-state index in [2.05, 4.69) is 0 Å². The van der Waals surface area contributed by atoms with Crippen LogP contribution in [0.2, 0.25) is 0 Å². The minimum absolute atomic E-state index is 0.105. The third-order valence-corrected chi connectivity index (χ3v) is 5.60. The summed E-state index contributed by atoms with van der Waals surface area (Å²) < 4.78 is 5.46. The normalized spacial score (nSPS) is 25.0. The summed E-state index contributed by atoms with van der Waals surface area (Å²) in [7, 11) is 0. The second kappa shape index (κ2) is 8.43. The maximum atomic E-state index is 12.4. The van der Waals surface area contributed by atoms with Crippen molar-refractivity contribution in [2.45, 2.75) is 65.0 Å². The van der Waals surface area contributed by atoms with Gasteiger partial charge in [0, 0.05) is 44.8 Å². The number of thioether (sulfide) groups is 1. The largest absolute Gasteiger partial charge is 0.444 e. The maximum Gasteiger partial charge on any atom is 0.410 e. The number of hydrogen-bond donors (Lipinski definition) is 0. The van der Waals surface area contributed by atoms with Gasteiger partial charge in [0.2, 0.25) is 5.91 Å². The lowest BCUT2D eigenvalue weighted by atomic mass is 10.1. The summed E-state index contributed by atoms with van der Waals surface area (Å²) in [5, 5.41) is 0.105. The lowest BCUT2D eigenvalue weighted by molar-refractivity contribution is -0.129. The molecule has 142 valence electrons. The molecule has 2 atom stereocenters. The Morgan fingerprint density at radius 2 is 1.96 bits per heavy atom. The van der Waals surface area contributed by atoms with E-state index in [1.54, 1.807) is 11.8 Å². The smallest absolute Gasteiger partial charge is 0.410 e. The van der Waals surface area contributed by atoms with Gasteiger partial charge in [-0.1, -0.05) is 11.8 Å². The first-order valence-electron chi connectivity index (χ1n) is 9.06. The molecule has 2 saturated heterocycles. The van der Waals surface area contributed by atoms with Crippen LogP contribution in [0, 0.1) is 5.92 Å². The van der Waals surface area contributed by atoms with E-state index in [-0.39, 0.29) is 29.1 Å². The number of hydrogen-bond acceptors (Lipinski definition) is 5. The summed E-state index contributed by atoms with van der Waals surface area (Å²) in [6.07, 6.45) is 2.85. The van der Waals surface area contributed by atoms with Crippen molar-refractivity contribution in [2.75, 3.05) is 25.4 Å². The average molecular weight is 371 g/mol. The van der Waals surface area contributed by atoms with Crippen molar-refractivity contribution in [1.82, 2.24) is 9.80 Å². The van der Waals surface area contributed by atoms with Gasteiger partial charge in [0.15, 0.2) is 5.12 Å². The average Bonchev–Trinajstić information content (AvgIpc) is 2.70. The van der Waals surface area contributed by atoms with Crippen molar-refractivity contribution < 1.29 is 19.1 Å². The van der Waals surface area contributed by atoms with Gasteiger partial charge in [0.1, 0.15) is 5.60 Å². The first-order valence-corrected chi connectivity index (χ1v) is 10.0. The van der Waals surface area contributed by atoms with Crippen molar-refractivity contribution in [3.63, 3.8) is 0 Å². The van der Waals surface area contributed by atoms with E-state index in [9.17, 15) is 14.4 Å². The van der Waals surface area contributed by atoms with E-state index in [1.165, 1.54) is 11.8 Å². The molecule has 0 radical (unpaired) electrons. The van der Waals surface area contributed by atoms with E-state index in [0.717, 1.165) is 25.8 Å². The van der Waals surface area contributed by atoms with Crippen molar-refractivity contribution >= 4 is 28.9 Å². The predicted octanol–water partition coefficient (Wildman–Crippen LogP) is 2.90. The van der Waals surface area contributed by atoms with Crippen LogP contribution in [0.5, 0.6) is 0 Å². The summed E-state index contributed by atoms with van der Waals surface area (Å²) in [5.74, 6) is 1.16. The van der Waals surface area contributed by atoms with Gasteiger partial charge < -0.3 is 14.5 Å². The number of carbonyl (C=O) groups excluding carboxylic acids is 3. The van der Waals surface area contributed by atoms with Gasteiger partial charge in [0.25, 0.3) is 0 Å². The molecule has 25 heavy (non-hydrogen) atoms. The molecule has 2 fully saturated rings. The summed E-state index contributed by atoms with van der Waals surface area (Å²) in [4.78, 5) is 39.5. The number of nitrogens with zero attached hydrogens (tertiary/aromatic N) is 2. The van der Waals surface area contributed by atoms with Gasteiger partial charge in [-0.2, -0.15) is 0 Å². The van der Waals surface area contributed by atoms with Gasteiger partial charge in [-0.3, -0.25) is 9.59 Å². The number of carbonyl (C=O) groups is 3. The molecule has 2 amide bonds. The zero-order valence-corrected chi connectivity index (χ0v) is 16.6. The van der Waals surface area contributed by atoms with Gasteiger partial charge in [0.05, 0.1) is 0 Å². The maximum absolute atomic E-state index is 12.4. The molecule has 0 spiro atoms. The molecule has 2 unspecified atom stereocenters. The lowest BCUT2D eigenvalue weighted by Gasteiger charge is -2.28. The molecule has 0 N–H and O–H groups in total. The van der Waals surface area contributed by atoms with Crippen LogP contribution >= 0.6 is 11.8 Å². The quantitative estimate of drug-likeness (QED) is 0.764. The molecular weight excluding hydrogens is 340 g/mol. The number of rotatable bonds is 3. The van der Waals surface area contributed by atoms with E-state index < -0.39 is 5.60 Å². The van der Waals surface area contributed by atoms with Crippen molar-refractivity contribution in [2.24, 2.45) is 5.92 Å². The summed E-state index contributed by atoms with van der Waals surface area (Å²) >= 11 is 1.31. The summed E-state index contributed by atoms with van der Waals surface area (Å²) in [6.45, 7) is 9.20. The Hall–Kier alpha value is -1.24. The lowest BCUT2D eigenvalue weighted by Crippen LogP contribution is -2.39. The molecule has 6 nitrogen and oxygen atoms in total. The molecular formula is C18H30N2O4S. The first-order chi connectivity index (χ1) is 11.7. The summed E-state index contributed by atoms with van der Waals surface area (Å²) in [6, 6.07) is 0.187. The Bertz CT molecular complexity index is 518. The van der Waals surface area contributed by atoms with E-state index in [1.807, 2.05) is 25.7 Å². The molecule has 0 aromatic carbocycles. The fourth-order valence-corrected chi connectivity index (χ4v) is 4.10. The standard InChI is InChI=1S/C18H30N2O4S/c1-13(21)25-12-14-10-16(22)20(11-14)15-6-5-8-19(9-7-15)17(23)24-18(2,3)4/h14-15H,5-12H2,1-4H3. The fraction of sp³-hybridized carbons (Fsp3) is 0.833. The van der Waals surface area contributed by atoms with E-state index in [0.29, 0.717) is 25.3 Å². The monoisotopic (exact) mass is 370 g/mol. The summed E-state index contributed by atoms with van der Waals surface area (Å²) in [5.41, 5.74) is -0.491. The van der Waals surface area contributed by atoms with E-state index in [4.69, 9.17) is 4.74 Å². The van der Waals surface area contributed by atoms with Crippen LogP contribution < -0.4 is 0 Å². The van der Waals surface area contributed by atoms with Gasteiger partial charge in [-0.15, -0.1) is 0 Å². The van der Waals surface area contributed by atoms with E-state index >= 15 is 0 Å². The molecule has 0 saturated carbocycles. The molecule has 2 aliphatic rings. The second-order valence-corrected chi connectivity index (χ2v) is 9.17. The molecule has 7 heteroatoms. The molecule has 0 aromatic heterocycles. The molecule has 2 rings (SSSR count). The zero-order chi connectivity index (χ0) is 18.6. The van der Waals surface area contributed by atoms with Crippen LogP contribution in [0.25, 0.3) is 0 Å². The minimum Gasteiger partial charge on any atom is -0.444 e. The highest BCUT2D eigenvalue weighted by Crippen LogP contribution is 2.28. The Morgan fingerprint density at radius 3 is 2.60 bits per heavy atom. The van der Waals surface area contributed by atoms with Crippen molar-refractivity contribution in [3.8, 4) is 0 Å². The van der Waals surface area contributed by atoms with Crippen LogP contribution in [0.3, 0.4) is 0 Å². The Kier molecular flexibility index (Phi) is 6.77. The molecule has 0 bridgehead atoms. The van der Waals surface area contributed by atoms with Crippen LogP contribution in [-0.4, -0.2) is 63.9 Å². The van der Waals surface area contributed by atoms with Crippen molar-refractivity contribution in [1.29, 1.82) is 0 Å². The van der Waals surface area contributed by atoms with Crippen LogP contribution in [0.4, 0.5) is 4.79 Å². The third kappa shape index (κ3) is 6.20. The first kappa shape index (κ1) is 20.1. The molecule has 0 aliphatic carbocycles. The van der Waals surface area contributed by atoms with Crippen LogP contribution in [0.15, 0.2) is 0 Å². The molecule has 0 aromatic rings. The molecule has 2 heterocycles. The Balaban J connectivity index is 1.87. The highest BCUT2D eigenvalue weighted by Gasteiger charge is 2.36. The van der Waals surface area contributed by atoms with Gasteiger partial charge in [-0.25, -0.2) is 4.79 Å². The predicted molar refractivity (Wildman–Crippen MR) is 98.4 cm³/mol. The topological polar surface area (TPSA) is 66.9 Å².